The number of piperazine rings is 1. The van der Waals surface area contributed by atoms with Crippen molar-refractivity contribution in [2.75, 3.05) is 18.0 Å². The van der Waals surface area contributed by atoms with Crippen LogP contribution in [0, 0.1) is 6.92 Å². The molecule has 0 saturated carbocycles. The maximum atomic E-state index is 12.5. The van der Waals surface area contributed by atoms with Crippen LogP contribution >= 0.6 is 0 Å². The van der Waals surface area contributed by atoms with Crippen molar-refractivity contribution >= 4 is 17.5 Å². The van der Waals surface area contributed by atoms with Gasteiger partial charge in [0.05, 0.1) is 6.42 Å². The fourth-order valence-corrected chi connectivity index (χ4v) is 2.94. The highest BCUT2D eigenvalue weighted by atomic mass is 16.2. The summed E-state index contributed by atoms with van der Waals surface area (Å²) in [5.74, 6) is -0.0797. The molecule has 1 aliphatic heterocycles. The van der Waals surface area contributed by atoms with Crippen LogP contribution in [0.1, 0.15) is 18.1 Å². The van der Waals surface area contributed by atoms with Gasteiger partial charge < -0.3 is 9.80 Å². The number of aromatic nitrogens is 1. The van der Waals surface area contributed by atoms with Gasteiger partial charge >= 0.3 is 0 Å². The van der Waals surface area contributed by atoms with Crippen LogP contribution in [0.15, 0.2) is 48.8 Å². The van der Waals surface area contributed by atoms with Gasteiger partial charge in [0.1, 0.15) is 6.54 Å². The van der Waals surface area contributed by atoms with E-state index in [1.54, 1.807) is 22.2 Å². The summed E-state index contributed by atoms with van der Waals surface area (Å²) in [4.78, 5) is 32.5. The molecule has 0 radical (unpaired) electrons. The number of rotatable bonds is 3. The normalized spacial score (nSPS) is 17.9. The van der Waals surface area contributed by atoms with Gasteiger partial charge in [-0.3, -0.25) is 14.6 Å². The molecule has 1 saturated heterocycles. The number of hydrogen-bond acceptors (Lipinski definition) is 3. The molecule has 1 aromatic carbocycles. The monoisotopic (exact) mass is 323 g/mol. The van der Waals surface area contributed by atoms with Gasteiger partial charge in [-0.1, -0.05) is 23.8 Å². The lowest BCUT2D eigenvalue weighted by Gasteiger charge is -2.39. The molecule has 5 heteroatoms. The standard InChI is InChI=1S/C19H21N3O2/c1-14-5-7-17(8-6-14)22-12-15(2)21(13-19(22)24)18(23)10-16-4-3-9-20-11-16/h3-9,11,15H,10,12-13H2,1-2H3. The van der Waals surface area contributed by atoms with Crippen LogP contribution in [-0.4, -0.2) is 40.8 Å². The second kappa shape index (κ2) is 6.83. The summed E-state index contributed by atoms with van der Waals surface area (Å²) in [6, 6.07) is 11.6. The van der Waals surface area contributed by atoms with Gasteiger partial charge in [0.2, 0.25) is 11.8 Å². The maximum absolute atomic E-state index is 12.5. The Morgan fingerprint density at radius 1 is 1.25 bits per heavy atom. The minimum absolute atomic E-state index is 0.0202. The molecule has 1 aliphatic rings. The van der Waals surface area contributed by atoms with E-state index in [2.05, 4.69) is 4.98 Å². The zero-order valence-electron chi connectivity index (χ0n) is 14.0. The average Bonchev–Trinajstić information content (AvgIpc) is 2.58. The Hall–Kier alpha value is -2.69. The number of nitrogens with zero attached hydrogens (tertiary/aromatic N) is 3. The quantitative estimate of drug-likeness (QED) is 0.870. The lowest BCUT2D eigenvalue weighted by Crippen LogP contribution is -2.57. The largest absolute Gasteiger partial charge is 0.329 e. The predicted molar refractivity (Wildman–Crippen MR) is 92.6 cm³/mol. The topological polar surface area (TPSA) is 53.5 Å². The number of carbonyl (C=O) groups excluding carboxylic acids is 2. The molecular formula is C19H21N3O2. The maximum Gasteiger partial charge on any atom is 0.246 e. The van der Waals surface area contributed by atoms with Crippen LogP contribution in [0.2, 0.25) is 0 Å². The third-order valence-corrected chi connectivity index (χ3v) is 4.33. The Labute approximate surface area is 141 Å². The van der Waals surface area contributed by atoms with E-state index < -0.39 is 0 Å². The van der Waals surface area contributed by atoms with Crippen molar-refractivity contribution < 1.29 is 9.59 Å². The second-order valence-corrected chi connectivity index (χ2v) is 6.25. The van der Waals surface area contributed by atoms with Gasteiger partial charge in [0.15, 0.2) is 0 Å². The number of amides is 2. The van der Waals surface area contributed by atoms with E-state index in [4.69, 9.17) is 0 Å². The molecule has 0 spiro atoms. The average molecular weight is 323 g/mol. The van der Waals surface area contributed by atoms with Crippen LogP contribution in [0.4, 0.5) is 5.69 Å². The van der Waals surface area contributed by atoms with Crippen molar-refractivity contribution in [1.29, 1.82) is 0 Å². The molecule has 1 unspecified atom stereocenters. The first kappa shape index (κ1) is 16.2. The highest BCUT2D eigenvalue weighted by Crippen LogP contribution is 2.21. The van der Waals surface area contributed by atoms with Crippen molar-refractivity contribution in [2.24, 2.45) is 0 Å². The molecule has 2 amide bonds. The number of hydrogen-bond donors (Lipinski definition) is 0. The first-order chi connectivity index (χ1) is 11.5. The minimum Gasteiger partial charge on any atom is -0.329 e. The molecule has 0 bridgehead atoms. The van der Waals surface area contributed by atoms with Gasteiger partial charge in [-0.05, 0) is 37.6 Å². The third kappa shape index (κ3) is 3.45. The van der Waals surface area contributed by atoms with Crippen molar-refractivity contribution in [1.82, 2.24) is 9.88 Å². The van der Waals surface area contributed by atoms with E-state index in [-0.39, 0.29) is 30.8 Å². The molecule has 5 nitrogen and oxygen atoms in total. The van der Waals surface area contributed by atoms with Gasteiger partial charge in [0, 0.05) is 30.7 Å². The first-order valence-corrected chi connectivity index (χ1v) is 8.10. The van der Waals surface area contributed by atoms with Crippen LogP contribution in [-0.2, 0) is 16.0 Å². The molecular weight excluding hydrogens is 302 g/mol. The van der Waals surface area contributed by atoms with E-state index in [0.717, 1.165) is 16.8 Å². The number of anilines is 1. The molecule has 2 aromatic rings. The fourth-order valence-electron chi connectivity index (χ4n) is 2.94. The Bertz CT molecular complexity index is 728. The molecule has 1 aromatic heterocycles. The molecule has 2 heterocycles. The zero-order chi connectivity index (χ0) is 17.1. The van der Waals surface area contributed by atoms with Crippen LogP contribution in [0.5, 0.6) is 0 Å². The number of carbonyl (C=O) groups is 2. The molecule has 3 rings (SSSR count). The lowest BCUT2D eigenvalue weighted by atomic mass is 10.1. The highest BCUT2D eigenvalue weighted by Gasteiger charge is 2.33. The summed E-state index contributed by atoms with van der Waals surface area (Å²) in [7, 11) is 0. The Balaban J connectivity index is 1.70. The lowest BCUT2D eigenvalue weighted by molar-refractivity contribution is -0.138. The summed E-state index contributed by atoms with van der Waals surface area (Å²) in [6.07, 6.45) is 3.64. The van der Waals surface area contributed by atoms with E-state index >= 15 is 0 Å². The van der Waals surface area contributed by atoms with E-state index in [0.29, 0.717) is 6.54 Å². The number of aryl methyl sites for hydroxylation is 1. The summed E-state index contributed by atoms with van der Waals surface area (Å²) >= 11 is 0. The number of benzene rings is 1. The smallest absolute Gasteiger partial charge is 0.246 e. The van der Waals surface area contributed by atoms with Crippen LogP contribution in [0.3, 0.4) is 0 Å². The van der Waals surface area contributed by atoms with E-state index in [1.165, 1.54) is 0 Å². The van der Waals surface area contributed by atoms with Crippen molar-refractivity contribution in [3.63, 3.8) is 0 Å². The fraction of sp³-hybridized carbons (Fsp3) is 0.316. The van der Waals surface area contributed by atoms with Gasteiger partial charge in [0.25, 0.3) is 0 Å². The summed E-state index contributed by atoms with van der Waals surface area (Å²) < 4.78 is 0. The van der Waals surface area contributed by atoms with Crippen molar-refractivity contribution in [2.45, 2.75) is 26.3 Å². The minimum atomic E-state index is -0.0449. The SMILES string of the molecule is Cc1ccc(N2CC(C)N(C(=O)Cc3cccnc3)CC2=O)cc1. The molecule has 124 valence electrons. The van der Waals surface area contributed by atoms with E-state index in [9.17, 15) is 9.59 Å². The van der Waals surface area contributed by atoms with Gasteiger partial charge in [-0.15, -0.1) is 0 Å². The third-order valence-electron chi connectivity index (χ3n) is 4.33. The zero-order valence-corrected chi connectivity index (χ0v) is 14.0. The van der Waals surface area contributed by atoms with Crippen molar-refractivity contribution in [3.8, 4) is 0 Å². The van der Waals surface area contributed by atoms with Gasteiger partial charge in [-0.2, -0.15) is 0 Å². The number of pyridine rings is 1. The molecule has 0 N–H and O–H groups in total. The Morgan fingerprint density at radius 3 is 2.67 bits per heavy atom. The molecule has 24 heavy (non-hydrogen) atoms. The summed E-state index contributed by atoms with van der Waals surface area (Å²) in [5, 5.41) is 0. The van der Waals surface area contributed by atoms with Crippen molar-refractivity contribution in [3.05, 3.63) is 59.9 Å². The van der Waals surface area contributed by atoms with E-state index in [1.807, 2.05) is 50.2 Å². The molecule has 1 atom stereocenters. The van der Waals surface area contributed by atoms with Crippen LogP contribution in [0.25, 0.3) is 0 Å². The Morgan fingerprint density at radius 2 is 2.00 bits per heavy atom. The summed E-state index contributed by atoms with van der Waals surface area (Å²) in [6.45, 7) is 4.63. The Kier molecular flexibility index (Phi) is 4.60. The van der Waals surface area contributed by atoms with Gasteiger partial charge in [-0.25, -0.2) is 0 Å². The predicted octanol–water partition coefficient (Wildman–Crippen LogP) is 2.20. The molecule has 0 aliphatic carbocycles. The van der Waals surface area contributed by atoms with Crippen LogP contribution < -0.4 is 4.90 Å². The molecule has 1 fully saturated rings. The summed E-state index contributed by atoms with van der Waals surface area (Å²) in [5.41, 5.74) is 2.91. The second-order valence-electron chi connectivity index (χ2n) is 6.25. The first-order valence-electron chi connectivity index (χ1n) is 8.10. The highest BCUT2D eigenvalue weighted by molar-refractivity contribution is 5.98.